The highest BCUT2D eigenvalue weighted by atomic mass is 127. The number of guanidine groups is 1. The van der Waals surface area contributed by atoms with E-state index in [9.17, 15) is 5.11 Å². The monoisotopic (exact) mass is 512 g/mol. The third-order valence-electron chi connectivity index (χ3n) is 4.04. The Labute approximate surface area is 186 Å². The van der Waals surface area contributed by atoms with Gasteiger partial charge in [0.25, 0.3) is 0 Å². The number of ether oxygens (including phenoxy) is 1. The van der Waals surface area contributed by atoms with Crippen LogP contribution in [0.25, 0.3) is 10.1 Å². The van der Waals surface area contributed by atoms with Crippen LogP contribution in [0.5, 0.6) is 5.88 Å². The molecule has 0 aliphatic heterocycles. The molecular weight excluding hydrogens is 487 g/mol. The van der Waals surface area contributed by atoms with E-state index in [4.69, 9.17) is 4.74 Å². The van der Waals surface area contributed by atoms with Crippen LogP contribution < -0.4 is 15.4 Å². The number of aliphatic imine (C=N–C) groups is 1. The molecule has 2 aromatic heterocycles. The molecule has 8 heteroatoms. The van der Waals surface area contributed by atoms with Gasteiger partial charge in [-0.15, -0.1) is 35.3 Å². The minimum atomic E-state index is -0.599. The van der Waals surface area contributed by atoms with Crippen molar-refractivity contribution in [2.24, 2.45) is 4.99 Å². The maximum atomic E-state index is 10.5. The molecule has 1 unspecified atom stereocenters. The van der Waals surface area contributed by atoms with E-state index in [1.807, 2.05) is 37.3 Å². The number of aromatic nitrogens is 1. The molecule has 2 heterocycles. The molecule has 3 aromatic rings. The molecule has 1 atom stereocenters. The van der Waals surface area contributed by atoms with E-state index in [0.717, 1.165) is 15.8 Å². The predicted octanol–water partition coefficient (Wildman–Crippen LogP) is 3.71. The number of thiophene rings is 1. The second-order valence-corrected chi connectivity index (χ2v) is 7.03. The van der Waals surface area contributed by atoms with Crippen LogP contribution in [0.1, 0.15) is 23.5 Å². The number of nitrogens with zero attached hydrogens (tertiary/aromatic N) is 2. The fourth-order valence-electron chi connectivity index (χ4n) is 2.69. The highest BCUT2D eigenvalue weighted by Gasteiger charge is 2.12. The van der Waals surface area contributed by atoms with Crippen molar-refractivity contribution < 1.29 is 9.84 Å². The van der Waals surface area contributed by atoms with Gasteiger partial charge in [0.2, 0.25) is 5.88 Å². The van der Waals surface area contributed by atoms with E-state index in [-0.39, 0.29) is 24.0 Å². The van der Waals surface area contributed by atoms with Gasteiger partial charge in [-0.05, 0) is 30.5 Å². The molecule has 0 saturated carbocycles. The molecule has 3 rings (SSSR count). The minimum Gasteiger partial charge on any atom is -0.478 e. The van der Waals surface area contributed by atoms with Gasteiger partial charge in [-0.2, -0.15) is 0 Å². The van der Waals surface area contributed by atoms with Crippen LogP contribution in [0.15, 0.2) is 53.7 Å². The first kappa shape index (κ1) is 22.4. The summed E-state index contributed by atoms with van der Waals surface area (Å²) in [7, 11) is 1.70. The van der Waals surface area contributed by atoms with Crippen molar-refractivity contribution in [1.82, 2.24) is 15.6 Å². The largest absolute Gasteiger partial charge is 0.478 e. The van der Waals surface area contributed by atoms with Crippen molar-refractivity contribution >= 4 is 51.4 Å². The molecule has 150 valence electrons. The molecule has 1 aromatic carbocycles. The van der Waals surface area contributed by atoms with Crippen molar-refractivity contribution in [3.8, 4) is 5.88 Å². The normalized spacial score (nSPS) is 12.3. The molecule has 0 fully saturated rings. The number of benzene rings is 1. The Balaban J connectivity index is 0.00000280. The summed E-state index contributed by atoms with van der Waals surface area (Å²) in [4.78, 5) is 9.39. The first-order valence-corrected chi connectivity index (χ1v) is 9.70. The Hall–Kier alpha value is -1.91. The van der Waals surface area contributed by atoms with E-state index >= 15 is 0 Å². The lowest BCUT2D eigenvalue weighted by Gasteiger charge is -2.15. The maximum absolute atomic E-state index is 10.5. The van der Waals surface area contributed by atoms with Crippen LogP contribution in [0.2, 0.25) is 0 Å². The number of hydrogen-bond acceptors (Lipinski definition) is 5. The number of aliphatic hydroxyl groups excluding tert-OH is 1. The van der Waals surface area contributed by atoms with E-state index in [2.05, 4.69) is 32.7 Å². The SMILES string of the molecule is CCOc1ncccc1CNC(=NC)NCC(O)c1cc2ccccc2s1.I. The van der Waals surface area contributed by atoms with Gasteiger partial charge in [0.15, 0.2) is 5.96 Å². The van der Waals surface area contributed by atoms with Crippen molar-refractivity contribution in [1.29, 1.82) is 0 Å². The Bertz CT molecular complexity index is 883. The molecule has 0 spiro atoms. The van der Waals surface area contributed by atoms with Gasteiger partial charge in [0.1, 0.15) is 6.10 Å². The molecule has 3 N–H and O–H groups in total. The highest BCUT2D eigenvalue weighted by molar-refractivity contribution is 14.0. The van der Waals surface area contributed by atoms with Gasteiger partial charge in [-0.1, -0.05) is 24.3 Å². The summed E-state index contributed by atoms with van der Waals surface area (Å²) in [6, 6.07) is 14.0. The zero-order valence-corrected chi connectivity index (χ0v) is 19.0. The number of halogens is 1. The van der Waals surface area contributed by atoms with Gasteiger partial charge in [0.05, 0.1) is 6.61 Å². The fraction of sp³-hybridized carbons (Fsp3) is 0.300. The van der Waals surface area contributed by atoms with E-state index in [0.29, 0.717) is 31.5 Å². The average molecular weight is 512 g/mol. The van der Waals surface area contributed by atoms with Gasteiger partial charge in [-0.3, -0.25) is 4.99 Å². The van der Waals surface area contributed by atoms with E-state index in [1.54, 1.807) is 24.6 Å². The quantitative estimate of drug-likeness (QED) is 0.256. The number of nitrogens with one attached hydrogen (secondary N) is 2. The van der Waals surface area contributed by atoms with Crippen molar-refractivity contribution in [3.05, 3.63) is 59.1 Å². The molecule has 0 saturated heterocycles. The number of pyridine rings is 1. The summed E-state index contributed by atoms with van der Waals surface area (Å²) < 4.78 is 6.71. The van der Waals surface area contributed by atoms with Gasteiger partial charge in [0, 0.05) is 41.5 Å². The molecule has 28 heavy (non-hydrogen) atoms. The van der Waals surface area contributed by atoms with E-state index < -0.39 is 6.10 Å². The van der Waals surface area contributed by atoms with Crippen LogP contribution in [0.3, 0.4) is 0 Å². The first-order valence-electron chi connectivity index (χ1n) is 8.89. The van der Waals surface area contributed by atoms with Gasteiger partial charge >= 0.3 is 0 Å². The van der Waals surface area contributed by atoms with Crippen LogP contribution in [-0.4, -0.2) is 36.2 Å². The standard InChI is InChI=1S/C20H24N4O2S.HI/c1-3-26-19-15(8-6-10-22-19)12-23-20(21-2)24-13-16(25)18-11-14-7-4-5-9-17(14)27-18;/h4-11,16,25H,3,12-13H2,1-2H3,(H2,21,23,24);1H. The summed E-state index contributed by atoms with van der Waals surface area (Å²) >= 11 is 1.61. The fourth-order valence-corrected chi connectivity index (χ4v) is 3.74. The van der Waals surface area contributed by atoms with Crippen molar-refractivity contribution in [3.63, 3.8) is 0 Å². The third-order valence-corrected chi connectivity index (χ3v) is 5.25. The van der Waals surface area contributed by atoms with Crippen molar-refractivity contribution in [2.45, 2.75) is 19.6 Å². The lowest BCUT2D eigenvalue weighted by atomic mass is 10.2. The predicted molar refractivity (Wildman–Crippen MR) is 126 cm³/mol. The Morgan fingerprint density at radius 2 is 2.07 bits per heavy atom. The average Bonchev–Trinajstić information content (AvgIpc) is 3.13. The zero-order valence-electron chi connectivity index (χ0n) is 15.9. The summed E-state index contributed by atoms with van der Waals surface area (Å²) in [5.74, 6) is 1.23. The molecular formula is C20H25IN4O2S. The second kappa shape index (κ2) is 11.2. The Morgan fingerprint density at radius 1 is 1.25 bits per heavy atom. The van der Waals surface area contributed by atoms with Crippen LogP contribution in [0, 0.1) is 0 Å². The lowest BCUT2D eigenvalue weighted by Crippen LogP contribution is -2.39. The van der Waals surface area contributed by atoms with Crippen molar-refractivity contribution in [2.75, 3.05) is 20.2 Å². The summed E-state index contributed by atoms with van der Waals surface area (Å²) in [5, 5.41) is 18.0. The Kier molecular flexibility index (Phi) is 8.94. The Morgan fingerprint density at radius 3 is 2.82 bits per heavy atom. The summed E-state index contributed by atoms with van der Waals surface area (Å²) in [6.07, 6.45) is 1.11. The molecule has 0 radical (unpaired) electrons. The van der Waals surface area contributed by atoms with Crippen LogP contribution in [-0.2, 0) is 6.54 Å². The molecule has 0 aliphatic rings. The summed E-state index contributed by atoms with van der Waals surface area (Å²) in [5.41, 5.74) is 0.951. The molecule has 6 nitrogen and oxygen atoms in total. The summed E-state index contributed by atoms with van der Waals surface area (Å²) in [6.45, 7) is 3.40. The maximum Gasteiger partial charge on any atom is 0.218 e. The second-order valence-electron chi connectivity index (χ2n) is 5.91. The number of rotatable bonds is 7. The van der Waals surface area contributed by atoms with Gasteiger partial charge < -0.3 is 20.5 Å². The van der Waals surface area contributed by atoms with Crippen LogP contribution >= 0.6 is 35.3 Å². The van der Waals surface area contributed by atoms with Gasteiger partial charge in [-0.25, -0.2) is 4.98 Å². The van der Waals surface area contributed by atoms with Crippen LogP contribution in [0.4, 0.5) is 0 Å². The first-order chi connectivity index (χ1) is 13.2. The highest BCUT2D eigenvalue weighted by Crippen LogP contribution is 2.29. The smallest absolute Gasteiger partial charge is 0.218 e. The number of aliphatic hydroxyl groups is 1. The number of fused-ring (bicyclic) bond motifs is 1. The topological polar surface area (TPSA) is 78.8 Å². The molecule has 0 aliphatic carbocycles. The third kappa shape index (κ3) is 5.79. The zero-order chi connectivity index (χ0) is 19.1. The molecule has 0 bridgehead atoms. The molecule has 0 amide bonds. The minimum absolute atomic E-state index is 0. The lowest BCUT2D eigenvalue weighted by molar-refractivity contribution is 0.184. The number of hydrogen-bond donors (Lipinski definition) is 3. The van der Waals surface area contributed by atoms with E-state index in [1.165, 1.54) is 4.70 Å².